The Bertz CT molecular complexity index is 763. The third-order valence-corrected chi connectivity index (χ3v) is 4.18. The number of carbonyl (C=O) groups is 2. The summed E-state index contributed by atoms with van der Waals surface area (Å²) >= 11 is 0. The van der Waals surface area contributed by atoms with Gasteiger partial charge in [-0.05, 0) is 18.6 Å². The second-order valence-electron chi connectivity index (χ2n) is 5.94. The lowest BCUT2D eigenvalue weighted by atomic mass is 9.93. The van der Waals surface area contributed by atoms with Gasteiger partial charge in [-0.1, -0.05) is 30.3 Å². The van der Waals surface area contributed by atoms with Gasteiger partial charge in [0.25, 0.3) is 5.91 Å². The van der Waals surface area contributed by atoms with Crippen molar-refractivity contribution < 1.29 is 19.4 Å². The molecule has 1 atom stereocenters. The standard InChI is InChI=1S/C18H18N2O4/c1-18(15-5-3-2-4-6-15)12-20(7-8-24-18)16(21)13-9-14(17(22)23)11-19-10-13/h2-6,9-11H,7-8,12H2,1H3,(H,22,23). The zero-order chi connectivity index (χ0) is 17.2. The molecule has 0 aliphatic carbocycles. The zero-order valence-corrected chi connectivity index (χ0v) is 13.3. The minimum Gasteiger partial charge on any atom is -0.478 e. The fourth-order valence-corrected chi connectivity index (χ4v) is 2.87. The van der Waals surface area contributed by atoms with Crippen molar-refractivity contribution in [2.45, 2.75) is 12.5 Å². The van der Waals surface area contributed by atoms with E-state index < -0.39 is 11.6 Å². The van der Waals surface area contributed by atoms with E-state index in [2.05, 4.69) is 4.98 Å². The average molecular weight is 326 g/mol. The summed E-state index contributed by atoms with van der Waals surface area (Å²) in [6.45, 7) is 3.22. The first-order chi connectivity index (χ1) is 11.5. The van der Waals surface area contributed by atoms with Crippen LogP contribution in [-0.4, -0.2) is 46.6 Å². The number of morpholine rings is 1. The number of nitrogens with zero attached hydrogens (tertiary/aromatic N) is 2. The molecule has 1 unspecified atom stereocenters. The summed E-state index contributed by atoms with van der Waals surface area (Å²) in [6, 6.07) is 11.1. The van der Waals surface area contributed by atoms with Gasteiger partial charge in [0.15, 0.2) is 0 Å². The van der Waals surface area contributed by atoms with Crippen molar-refractivity contribution in [1.82, 2.24) is 9.88 Å². The molecule has 1 saturated heterocycles. The SMILES string of the molecule is CC1(c2ccccc2)CN(C(=O)c2cncc(C(=O)O)c2)CCO1. The molecule has 24 heavy (non-hydrogen) atoms. The number of carboxylic acids is 1. The van der Waals surface area contributed by atoms with Crippen LogP contribution in [0.2, 0.25) is 0 Å². The van der Waals surface area contributed by atoms with E-state index in [1.807, 2.05) is 37.3 Å². The molecule has 1 fully saturated rings. The maximum atomic E-state index is 12.7. The Morgan fingerprint density at radius 2 is 1.92 bits per heavy atom. The predicted octanol–water partition coefficient (Wildman–Crippen LogP) is 2.17. The van der Waals surface area contributed by atoms with Crippen molar-refractivity contribution in [2.75, 3.05) is 19.7 Å². The number of hydrogen-bond acceptors (Lipinski definition) is 4. The van der Waals surface area contributed by atoms with E-state index in [-0.39, 0.29) is 17.0 Å². The van der Waals surface area contributed by atoms with E-state index in [0.717, 1.165) is 5.56 Å². The highest BCUT2D eigenvalue weighted by Gasteiger charge is 2.36. The molecule has 6 nitrogen and oxygen atoms in total. The minimum atomic E-state index is -1.10. The first-order valence-electron chi connectivity index (χ1n) is 7.67. The zero-order valence-electron chi connectivity index (χ0n) is 13.3. The van der Waals surface area contributed by atoms with Crippen molar-refractivity contribution in [3.05, 3.63) is 65.5 Å². The van der Waals surface area contributed by atoms with Crippen LogP contribution in [0.5, 0.6) is 0 Å². The number of ether oxygens (including phenoxy) is 1. The molecule has 0 saturated carbocycles. The summed E-state index contributed by atoms with van der Waals surface area (Å²) in [7, 11) is 0. The number of hydrogen-bond donors (Lipinski definition) is 1. The minimum absolute atomic E-state index is 0.0000643. The van der Waals surface area contributed by atoms with Gasteiger partial charge in [-0.2, -0.15) is 0 Å². The van der Waals surface area contributed by atoms with Crippen molar-refractivity contribution in [2.24, 2.45) is 0 Å². The maximum absolute atomic E-state index is 12.7. The van der Waals surface area contributed by atoms with Crippen LogP contribution in [0.25, 0.3) is 0 Å². The normalized spacial score (nSPS) is 20.6. The lowest BCUT2D eigenvalue weighted by molar-refractivity contribution is -0.0930. The number of rotatable bonds is 3. The third-order valence-electron chi connectivity index (χ3n) is 4.18. The van der Waals surface area contributed by atoms with Gasteiger partial charge in [0.1, 0.15) is 5.60 Å². The molecule has 1 aromatic heterocycles. The molecule has 3 rings (SSSR count). The van der Waals surface area contributed by atoms with E-state index in [0.29, 0.717) is 19.7 Å². The van der Waals surface area contributed by atoms with Gasteiger partial charge < -0.3 is 14.7 Å². The Morgan fingerprint density at radius 1 is 1.21 bits per heavy atom. The van der Waals surface area contributed by atoms with Gasteiger partial charge in [-0.3, -0.25) is 9.78 Å². The Balaban J connectivity index is 1.83. The molecule has 2 heterocycles. The molecule has 1 amide bonds. The highest BCUT2D eigenvalue weighted by molar-refractivity contribution is 5.97. The quantitative estimate of drug-likeness (QED) is 0.935. The van der Waals surface area contributed by atoms with E-state index in [1.54, 1.807) is 4.90 Å². The van der Waals surface area contributed by atoms with E-state index in [4.69, 9.17) is 9.84 Å². The van der Waals surface area contributed by atoms with Crippen molar-refractivity contribution in [1.29, 1.82) is 0 Å². The first-order valence-corrected chi connectivity index (χ1v) is 7.67. The Hall–Kier alpha value is -2.73. The summed E-state index contributed by atoms with van der Waals surface area (Å²) in [5.41, 5.74) is 0.680. The fraction of sp³-hybridized carbons (Fsp3) is 0.278. The van der Waals surface area contributed by atoms with Crippen LogP contribution in [0, 0.1) is 0 Å². The monoisotopic (exact) mass is 326 g/mol. The third kappa shape index (κ3) is 3.14. The summed E-state index contributed by atoms with van der Waals surface area (Å²) in [5, 5.41) is 9.05. The molecular weight excluding hydrogens is 308 g/mol. The molecule has 1 N–H and O–H groups in total. The van der Waals surface area contributed by atoms with Gasteiger partial charge in [-0.25, -0.2) is 4.79 Å². The number of amides is 1. The van der Waals surface area contributed by atoms with Crippen molar-refractivity contribution in [3.8, 4) is 0 Å². The van der Waals surface area contributed by atoms with Crippen LogP contribution in [0.4, 0.5) is 0 Å². The van der Waals surface area contributed by atoms with Crippen molar-refractivity contribution >= 4 is 11.9 Å². The number of aromatic carboxylic acids is 1. The second-order valence-corrected chi connectivity index (χ2v) is 5.94. The van der Waals surface area contributed by atoms with Crippen molar-refractivity contribution in [3.63, 3.8) is 0 Å². The van der Waals surface area contributed by atoms with Gasteiger partial charge >= 0.3 is 5.97 Å². The number of carboxylic acid groups (broad SMARTS) is 1. The topological polar surface area (TPSA) is 79.7 Å². The van der Waals surface area contributed by atoms with Crippen LogP contribution in [0.1, 0.15) is 33.2 Å². The average Bonchev–Trinajstić information content (AvgIpc) is 2.62. The molecular formula is C18H18N2O4. The first kappa shape index (κ1) is 16.1. The number of benzene rings is 1. The van der Waals surface area contributed by atoms with E-state index in [9.17, 15) is 9.59 Å². The Kier molecular flexibility index (Phi) is 4.31. The summed E-state index contributed by atoms with van der Waals surface area (Å²) in [5.74, 6) is -1.34. The van der Waals surface area contributed by atoms with Gasteiger partial charge in [-0.15, -0.1) is 0 Å². The van der Waals surface area contributed by atoms with Crippen LogP contribution in [-0.2, 0) is 10.3 Å². The maximum Gasteiger partial charge on any atom is 0.337 e. The number of pyridine rings is 1. The lowest BCUT2D eigenvalue weighted by Gasteiger charge is -2.40. The molecule has 0 radical (unpaired) electrons. The second kappa shape index (κ2) is 6.41. The molecule has 124 valence electrons. The van der Waals surface area contributed by atoms with Crippen LogP contribution >= 0.6 is 0 Å². The van der Waals surface area contributed by atoms with E-state index >= 15 is 0 Å². The summed E-state index contributed by atoms with van der Waals surface area (Å²) in [4.78, 5) is 29.3. The predicted molar refractivity (Wildman–Crippen MR) is 86.8 cm³/mol. The van der Waals surface area contributed by atoms with E-state index in [1.165, 1.54) is 18.5 Å². The lowest BCUT2D eigenvalue weighted by Crippen LogP contribution is -2.50. The Labute approximate surface area is 139 Å². The number of aromatic nitrogens is 1. The largest absolute Gasteiger partial charge is 0.478 e. The molecule has 0 spiro atoms. The smallest absolute Gasteiger partial charge is 0.337 e. The highest BCUT2D eigenvalue weighted by atomic mass is 16.5. The van der Waals surface area contributed by atoms with Gasteiger partial charge in [0.2, 0.25) is 0 Å². The van der Waals surface area contributed by atoms with Crippen LogP contribution < -0.4 is 0 Å². The summed E-state index contributed by atoms with van der Waals surface area (Å²) < 4.78 is 5.93. The summed E-state index contributed by atoms with van der Waals surface area (Å²) in [6.07, 6.45) is 2.62. The molecule has 6 heteroatoms. The van der Waals surface area contributed by atoms with Crippen LogP contribution in [0.15, 0.2) is 48.8 Å². The molecule has 2 aromatic rings. The fourth-order valence-electron chi connectivity index (χ4n) is 2.87. The molecule has 1 aliphatic rings. The molecule has 1 aliphatic heterocycles. The van der Waals surface area contributed by atoms with Crippen LogP contribution in [0.3, 0.4) is 0 Å². The number of carbonyl (C=O) groups excluding carboxylic acids is 1. The Morgan fingerprint density at radius 3 is 2.62 bits per heavy atom. The van der Waals surface area contributed by atoms with Gasteiger partial charge in [0.05, 0.1) is 24.3 Å². The highest BCUT2D eigenvalue weighted by Crippen LogP contribution is 2.29. The molecule has 1 aromatic carbocycles. The van der Waals surface area contributed by atoms with Gasteiger partial charge in [0, 0.05) is 18.9 Å². The molecule has 0 bridgehead atoms.